The number of pyridine rings is 1. The highest BCUT2D eigenvalue weighted by atomic mass is 16.2. The van der Waals surface area contributed by atoms with Gasteiger partial charge in [-0.1, -0.05) is 12.8 Å². The lowest BCUT2D eigenvalue weighted by molar-refractivity contribution is 0.0756. The molecule has 0 saturated carbocycles. The van der Waals surface area contributed by atoms with Gasteiger partial charge in [0.1, 0.15) is 11.5 Å². The Kier molecular flexibility index (Phi) is 5.34. The summed E-state index contributed by atoms with van der Waals surface area (Å²) in [4.78, 5) is 27.7. The molecule has 4 heterocycles. The van der Waals surface area contributed by atoms with Crippen molar-refractivity contribution in [2.75, 3.05) is 44.2 Å². The molecule has 2 aliphatic heterocycles. The van der Waals surface area contributed by atoms with Crippen molar-refractivity contribution < 1.29 is 4.79 Å². The number of aromatic amines is 1. The lowest BCUT2D eigenvalue weighted by Gasteiger charge is -2.37. The number of hydrogen-bond donors (Lipinski definition) is 1. The molecule has 2 aromatic rings. The molecule has 27 heavy (non-hydrogen) atoms. The number of carbonyl (C=O) groups is 1. The summed E-state index contributed by atoms with van der Waals surface area (Å²) in [5.41, 5.74) is 1.63. The van der Waals surface area contributed by atoms with Crippen LogP contribution in [0.4, 0.5) is 5.82 Å². The lowest BCUT2D eigenvalue weighted by Crippen LogP contribution is -2.49. The van der Waals surface area contributed by atoms with Crippen molar-refractivity contribution in [2.45, 2.75) is 45.6 Å². The normalized spacial score (nSPS) is 19.7. The summed E-state index contributed by atoms with van der Waals surface area (Å²) in [6.45, 7) is 10.4. The number of likely N-dealkylation sites (tertiary alicyclic amines) is 1. The molecular formula is C21H31N5O. The first-order chi connectivity index (χ1) is 13.1. The van der Waals surface area contributed by atoms with Gasteiger partial charge in [0.25, 0.3) is 5.91 Å². The molecule has 2 aliphatic rings. The zero-order valence-corrected chi connectivity index (χ0v) is 16.6. The molecule has 146 valence electrons. The lowest BCUT2D eigenvalue weighted by atomic mass is 10.2. The molecule has 6 nitrogen and oxygen atoms in total. The van der Waals surface area contributed by atoms with Gasteiger partial charge < -0.3 is 14.8 Å². The highest BCUT2D eigenvalue weighted by Crippen LogP contribution is 2.23. The first kappa shape index (κ1) is 18.3. The number of hydrogen-bond acceptors (Lipinski definition) is 4. The van der Waals surface area contributed by atoms with E-state index in [1.54, 1.807) is 0 Å². The maximum atomic E-state index is 12.9. The third-order valence-corrected chi connectivity index (χ3v) is 5.98. The second-order valence-corrected chi connectivity index (χ2v) is 8.14. The first-order valence-electron chi connectivity index (χ1n) is 10.4. The zero-order chi connectivity index (χ0) is 18.8. The van der Waals surface area contributed by atoms with Gasteiger partial charge in [0.05, 0.1) is 11.7 Å². The Balaban J connectivity index is 1.49. The minimum atomic E-state index is 0.125. The van der Waals surface area contributed by atoms with Crippen molar-refractivity contribution in [3.8, 4) is 0 Å². The van der Waals surface area contributed by atoms with E-state index in [0.717, 1.165) is 68.8 Å². The number of rotatable bonds is 3. The largest absolute Gasteiger partial charge is 0.354 e. The summed E-state index contributed by atoms with van der Waals surface area (Å²) in [5.74, 6) is 1.14. The molecule has 1 N–H and O–H groups in total. The van der Waals surface area contributed by atoms with Gasteiger partial charge in [-0.05, 0) is 38.8 Å². The Bertz CT molecular complexity index is 783. The summed E-state index contributed by atoms with van der Waals surface area (Å²) in [6.07, 6.45) is 6.56. The number of aromatic nitrogens is 2. The fourth-order valence-electron chi connectivity index (χ4n) is 4.22. The molecule has 0 unspecified atom stereocenters. The minimum Gasteiger partial charge on any atom is -0.354 e. The number of amides is 1. The van der Waals surface area contributed by atoms with Crippen molar-refractivity contribution >= 4 is 22.6 Å². The summed E-state index contributed by atoms with van der Waals surface area (Å²) in [6, 6.07) is 4.72. The minimum absolute atomic E-state index is 0.125. The second kappa shape index (κ2) is 7.89. The molecule has 6 heteroatoms. The van der Waals surface area contributed by atoms with E-state index in [2.05, 4.69) is 39.7 Å². The Hall–Kier alpha value is -2.08. The summed E-state index contributed by atoms with van der Waals surface area (Å²) < 4.78 is 0. The van der Waals surface area contributed by atoms with E-state index >= 15 is 0 Å². The van der Waals surface area contributed by atoms with Crippen LogP contribution in [0.2, 0.25) is 0 Å². The molecule has 0 bridgehead atoms. The van der Waals surface area contributed by atoms with E-state index in [0.29, 0.717) is 11.7 Å². The number of fused-ring (bicyclic) bond motifs is 1. The number of carbonyl (C=O) groups excluding carboxylic acids is 1. The molecule has 2 saturated heterocycles. The molecule has 0 atom stereocenters. The van der Waals surface area contributed by atoms with E-state index in [1.165, 1.54) is 12.8 Å². The molecule has 2 fully saturated rings. The standard InChI is InChI=1S/C21H31N5O/c1-16(2)24-9-11-25(12-10-24)20-14-17-13-18(23-19(17)15-22-20)21(27)26-7-5-3-4-6-8-26/h13-16,23H,3-12H2,1-2H3. The van der Waals surface area contributed by atoms with Gasteiger partial charge >= 0.3 is 0 Å². The van der Waals surface area contributed by atoms with Crippen LogP contribution in [0.15, 0.2) is 18.3 Å². The van der Waals surface area contributed by atoms with Crippen LogP contribution in [0.25, 0.3) is 10.9 Å². The second-order valence-electron chi connectivity index (χ2n) is 8.14. The predicted octanol–water partition coefficient (Wildman–Crippen LogP) is 3.11. The van der Waals surface area contributed by atoms with E-state index in [-0.39, 0.29) is 5.91 Å². The summed E-state index contributed by atoms with van der Waals surface area (Å²) in [5, 5.41) is 1.07. The number of piperazine rings is 1. The summed E-state index contributed by atoms with van der Waals surface area (Å²) in [7, 11) is 0. The van der Waals surface area contributed by atoms with Gasteiger partial charge in [0, 0.05) is 50.7 Å². The average molecular weight is 370 g/mol. The van der Waals surface area contributed by atoms with Crippen LogP contribution < -0.4 is 4.90 Å². The highest BCUT2D eigenvalue weighted by Gasteiger charge is 2.22. The fourth-order valence-corrected chi connectivity index (χ4v) is 4.22. The maximum Gasteiger partial charge on any atom is 0.270 e. The molecule has 0 aromatic carbocycles. The molecule has 4 rings (SSSR count). The Labute approximate surface area is 161 Å². The Morgan fingerprint density at radius 2 is 1.70 bits per heavy atom. The van der Waals surface area contributed by atoms with E-state index in [1.807, 2.05) is 17.2 Å². The number of anilines is 1. The predicted molar refractivity (Wildman–Crippen MR) is 109 cm³/mol. The topological polar surface area (TPSA) is 55.5 Å². The van der Waals surface area contributed by atoms with Crippen molar-refractivity contribution in [1.29, 1.82) is 0 Å². The Morgan fingerprint density at radius 3 is 2.37 bits per heavy atom. The molecular weight excluding hydrogens is 338 g/mol. The molecule has 0 radical (unpaired) electrons. The maximum absolute atomic E-state index is 12.9. The number of nitrogens with zero attached hydrogens (tertiary/aromatic N) is 4. The van der Waals surface area contributed by atoms with Crippen molar-refractivity contribution in [1.82, 2.24) is 19.8 Å². The van der Waals surface area contributed by atoms with Crippen LogP contribution >= 0.6 is 0 Å². The zero-order valence-electron chi connectivity index (χ0n) is 16.6. The van der Waals surface area contributed by atoms with Crippen molar-refractivity contribution in [3.63, 3.8) is 0 Å². The smallest absolute Gasteiger partial charge is 0.270 e. The van der Waals surface area contributed by atoms with Gasteiger partial charge in [-0.2, -0.15) is 0 Å². The van der Waals surface area contributed by atoms with Gasteiger partial charge in [-0.25, -0.2) is 4.98 Å². The van der Waals surface area contributed by atoms with Gasteiger partial charge in [-0.15, -0.1) is 0 Å². The van der Waals surface area contributed by atoms with Crippen LogP contribution in [-0.4, -0.2) is 71.0 Å². The van der Waals surface area contributed by atoms with Crippen molar-refractivity contribution in [2.24, 2.45) is 0 Å². The summed E-state index contributed by atoms with van der Waals surface area (Å²) >= 11 is 0. The molecule has 2 aromatic heterocycles. The van der Waals surface area contributed by atoms with Crippen LogP contribution in [0.1, 0.15) is 50.0 Å². The van der Waals surface area contributed by atoms with E-state index in [9.17, 15) is 4.79 Å². The molecule has 0 aliphatic carbocycles. The fraction of sp³-hybridized carbons (Fsp3) is 0.619. The van der Waals surface area contributed by atoms with Gasteiger partial charge in [0.15, 0.2) is 0 Å². The van der Waals surface area contributed by atoms with Crippen LogP contribution in [0, 0.1) is 0 Å². The first-order valence-corrected chi connectivity index (χ1v) is 10.4. The average Bonchev–Trinajstić information content (AvgIpc) is 2.92. The third kappa shape index (κ3) is 3.95. The SMILES string of the molecule is CC(C)N1CCN(c2cc3cc(C(=O)N4CCCCCC4)[nH]c3cn2)CC1. The van der Waals surface area contributed by atoms with Gasteiger partial charge in [0.2, 0.25) is 0 Å². The number of nitrogens with one attached hydrogen (secondary N) is 1. The monoisotopic (exact) mass is 369 g/mol. The molecule has 0 spiro atoms. The van der Waals surface area contributed by atoms with E-state index < -0.39 is 0 Å². The van der Waals surface area contributed by atoms with Gasteiger partial charge in [-0.3, -0.25) is 9.69 Å². The van der Waals surface area contributed by atoms with Crippen molar-refractivity contribution in [3.05, 3.63) is 24.0 Å². The number of H-pyrrole nitrogens is 1. The van der Waals surface area contributed by atoms with Crippen LogP contribution in [0.5, 0.6) is 0 Å². The van der Waals surface area contributed by atoms with Crippen LogP contribution in [0.3, 0.4) is 0 Å². The quantitative estimate of drug-likeness (QED) is 0.903. The molecule has 1 amide bonds. The highest BCUT2D eigenvalue weighted by molar-refractivity contribution is 5.98. The Morgan fingerprint density at radius 1 is 1.00 bits per heavy atom. The van der Waals surface area contributed by atoms with Crippen LogP contribution in [-0.2, 0) is 0 Å². The third-order valence-electron chi connectivity index (χ3n) is 5.98. The van der Waals surface area contributed by atoms with E-state index in [4.69, 9.17) is 0 Å².